The molecule has 0 spiro atoms. The van der Waals surface area contributed by atoms with Crippen LogP contribution in [0.3, 0.4) is 0 Å². The lowest BCUT2D eigenvalue weighted by Crippen LogP contribution is -1.96. The molecular formula is C7H11BrN2. The molecule has 3 heteroatoms. The van der Waals surface area contributed by atoms with Crippen molar-refractivity contribution < 1.29 is 0 Å². The maximum absolute atomic E-state index is 4.22. The van der Waals surface area contributed by atoms with Crippen LogP contribution in [0.5, 0.6) is 0 Å². The van der Waals surface area contributed by atoms with Gasteiger partial charge in [0, 0.05) is 13.5 Å². The summed E-state index contributed by atoms with van der Waals surface area (Å²) in [7, 11) is 2.02. The van der Waals surface area contributed by atoms with Gasteiger partial charge in [-0.05, 0) is 22.4 Å². The van der Waals surface area contributed by atoms with Crippen molar-refractivity contribution in [2.24, 2.45) is 7.05 Å². The molecule has 0 aliphatic carbocycles. The molecule has 10 heavy (non-hydrogen) atoms. The van der Waals surface area contributed by atoms with Gasteiger partial charge in [-0.3, -0.25) is 0 Å². The molecule has 0 saturated carbocycles. The SMILES string of the molecule is CCCc1ncc(Br)n1C. The highest BCUT2D eigenvalue weighted by Gasteiger charge is 2.00. The van der Waals surface area contributed by atoms with E-state index in [4.69, 9.17) is 0 Å². The second-order valence-corrected chi connectivity index (χ2v) is 3.12. The standard InChI is InChI=1S/C7H11BrN2/c1-3-4-7-9-5-6(8)10(7)2/h5H,3-4H2,1-2H3. The van der Waals surface area contributed by atoms with E-state index in [0.717, 1.165) is 23.3 Å². The van der Waals surface area contributed by atoms with Crippen molar-refractivity contribution >= 4 is 15.9 Å². The molecule has 1 rings (SSSR count). The van der Waals surface area contributed by atoms with E-state index in [1.807, 2.05) is 13.2 Å². The molecule has 1 aromatic heterocycles. The molecule has 0 aromatic carbocycles. The van der Waals surface area contributed by atoms with Crippen molar-refractivity contribution in [3.05, 3.63) is 16.6 Å². The number of aryl methyl sites for hydroxylation is 1. The molecule has 0 bridgehead atoms. The first-order chi connectivity index (χ1) is 4.75. The Morgan fingerprint density at radius 3 is 2.80 bits per heavy atom. The van der Waals surface area contributed by atoms with Gasteiger partial charge in [0.2, 0.25) is 0 Å². The highest BCUT2D eigenvalue weighted by Crippen LogP contribution is 2.10. The van der Waals surface area contributed by atoms with E-state index in [1.165, 1.54) is 0 Å². The average Bonchev–Trinajstić information content (AvgIpc) is 2.20. The molecular weight excluding hydrogens is 192 g/mol. The Balaban J connectivity index is 2.83. The van der Waals surface area contributed by atoms with Crippen LogP contribution < -0.4 is 0 Å². The van der Waals surface area contributed by atoms with Gasteiger partial charge in [0.05, 0.1) is 6.20 Å². The highest BCUT2D eigenvalue weighted by molar-refractivity contribution is 9.10. The second kappa shape index (κ2) is 3.19. The van der Waals surface area contributed by atoms with Gasteiger partial charge in [0.25, 0.3) is 0 Å². The Bertz CT molecular complexity index is 217. The summed E-state index contributed by atoms with van der Waals surface area (Å²) in [5.41, 5.74) is 0. The monoisotopic (exact) mass is 202 g/mol. The van der Waals surface area contributed by atoms with Crippen LogP contribution in [0.4, 0.5) is 0 Å². The first-order valence-electron chi connectivity index (χ1n) is 3.41. The van der Waals surface area contributed by atoms with E-state index >= 15 is 0 Å². The van der Waals surface area contributed by atoms with Crippen LogP contribution in [0.25, 0.3) is 0 Å². The minimum Gasteiger partial charge on any atom is -0.326 e. The first kappa shape index (κ1) is 7.79. The molecule has 1 aromatic rings. The molecule has 0 unspecified atom stereocenters. The number of halogens is 1. The summed E-state index contributed by atoms with van der Waals surface area (Å²) < 4.78 is 3.11. The fourth-order valence-electron chi connectivity index (χ4n) is 0.880. The van der Waals surface area contributed by atoms with Crippen LogP contribution in [-0.4, -0.2) is 9.55 Å². The zero-order valence-electron chi connectivity index (χ0n) is 6.26. The summed E-state index contributed by atoms with van der Waals surface area (Å²) in [5, 5.41) is 0. The van der Waals surface area contributed by atoms with Gasteiger partial charge < -0.3 is 4.57 Å². The van der Waals surface area contributed by atoms with Gasteiger partial charge >= 0.3 is 0 Å². The maximum atomic E-state index is 4.22. The number of imidazole rings is 1. The van der Waals surface area contributed by atoms with Crippen molar-refractivity contribution in [1.82, 2.24) is 9.55 Å². The molecule has 0 amide bonds. The van der Waals surface area contributed by atoms with Crippen LogP contribution in [0, 0.1) is 0 Å². The number of hydrogen-bond donors (Lipinski definition) is 0. The van der Waals surface area contributed by atoms with Crippen LogP contribution in [0.15, 0.2) is 10.8 Å². The third kappa shape index (κ3) is 1.40. The maximum Gasteiger partial charge on any atom is 0.109 e. The zero-order valence-corrected chi connectivity index (χ0v) is 7.85. The number of nitrogens with zero attached hydrogens (tertiary/aromatic N) is 2. The van der Waals surface area contributed by atoms with Gasteiger partial charge in [0.15, 0.2) is 0 Å². The Morgan fingerprint density at radius 2 is 2.40 bits per heavy atom. The van der Waals surface area contributed by atoms with E-state index in [0.29, 0.717) is 0 Å². The van der Waals surface area contributed by atoms with Crippen molar-refractivity contribution in [2.45, 2.75) is 19.8 Å². The van der Waals surface area contributed by atoms with Gasteiger partial charge in [-0.1, -0.05) is 6.92 Å². The van der Waals surface area contributed by atoms with E-state index in [9.17, 15) is 0 Å². The summed E-state index contributed by atoms with van der Waals surface area (Å²) in [5.74, 6) is 1.15. The van der Waals surface area contributed by atoms with E-state index in [2.05, 4.69) is 32.4 Å². The molecule has 0 atom stereocenters. The first-order valence-corrected chi connectivity index (χ1v) is 4.21. The zero-order chi connectivity index (χ0) is 7.56. The summed E-state index contributed by atoms with van der Waals surface area (Å²) in [4.78, 5) is 4.22. The summed E-state index contributed by atoms with van der Waals surface area (Å²) >= 11 is 3.39. The van der Waals surface area contributed by atoms with Crippen LogP contribution in [-0.2, 0) is 13.5 Å². The Morgan fingerprint density at radius 1 is 1.70 bits per heavy atom. The summed E-state index contributed by atoms with van der Waals surface area (Å²) in [6.45, 7) is 2.16. The van der Waals surface area contributed by atoms with E-state index in [-0.39, 0.29) is 0 Å². The number of aromatic nitrogens is 2. The molecule has 0 fully saturated rings. The molecule has 0 saturated heterocycles. The quantitative estimate of drug-likeness (QED) is 0.719. The van der Waals surface area contributed by atoms with E-state index < -0.39 is 0 Å². The summed E-state index contributed by atoms with van der Waals surface area (Å²) in [6, 6.07) is 0. The molecule has 0 aliphatic rings. The lowest BCUT2D eigenvalue weighted by atomic mass is 10.3. The summed E-state index contributed by atoms with van der Waals surface area (Å²) in [6.07, 6.45) is 4.05. The average molecular weight is 203 g/mol. The van der Waals surface area contributed by atoms with Gasteiger partial charge in [-0.2, -0.15) is 0 Å². The van der Waals surface area contributed by atoms with E-state index in [1.54, 1.807) is 0 Å². The molecule has 0 aliphatic heterocycles. The lowest BCUT2D eigenvalue weighted by Gasteiger charge is -1.98. The predicted octanol–water partition coefficient (Wildman–Crippen LogP) is 2.14. The number of rotatable bonds is 2. The van der Waals surface area contributed by atoms with Crippen LogP contribution >= 0.6 is 15.9 Å². The number of hydrogen-bond acceptors (Lipinski definition) is 1. The normalized spacial score (nSPS) is 10.3. The molecule has 1 heterocycles. The van der Waals surface area contributed by atoms with Crippen LogP contribution in [0.2, 0.25) is 0 Å². The Hall–Kier alpha value is -0.310. The second-order valence-electron chi connectivity index (χ2n) is 2.31. The topological polar surface area (TPSA) is 17.8 Å². The van der Waals surface area contributed by atoms with Gasteiger partial charge in [0.1, 0.15) is 10.4 Å². The predicted molar refractivity (Wildman–Crippen MR) is 44.9 cm³/mol. The minimum absolute atomic E-state index is 1.05. The Kier molecular flexibility index (Phi) is 2.49. The molecule has 2 nitrogen and oxygen atoms in total. The van der Waals surface area contributed by atoms with Crippen molar-refractivity contribution in [1.29, 1.82) is 0 Å². The smallest absolute Gasteiger partial charge is 0.109 e. The molecule has 0 radical (unpaired) electrons. The van der Waals surface area contributed by atoms with Crippen molar-refractivity contribution in [2.75, 3.05) is 0 Å². The molecule has 0 N–H and O–H groups in total. The minimum atomic E-state index is 1.05. The molecule has 56 valence electrons. The third-order valence-electron chi connectivity index (χ3n) is 1.50. The van der Waals surface area contributed by atoms with Crippen LogP contribution in [0.1, 0.15) is 19.2 Å². The largest absolute Gasteiger partial charge is 0.326 e. The Labute approximate surface area is 69.4 Å². The van der Waals surface area contributed by atoms with Crippen molar-refractivity contribution in [3.8, 4) is 0 Å². The fraction of sp³-hybridized carbons (Fsp3) is 0.571. The highest BCUT2D eigenvalue weighted by atomic mass is 79.9. The van der Waals surface area contributed by atoms with Gasteiger partial charge in [-0.25, -0.2) is 4.98 Å². The lowest BCUT2D eigenvalue weighted by molar-refractivity contribution is 0.750. The van der Waals surface area contributed by atoms with Gasteiger partial charge in [-0.15, -0.1) is 0 Å². The third-order valence-corrected chi connectivity index (χ3v) is 2.24. The van der Waals surface area contributed by atoms with Crippen molar-refractivity contribution in [3.63, 3.8) is 0 Å². The fourth-order valence-corrected chi connectivity index (χ4v) is 1.19.